The highest BCUT2D eigenvalue weighted by Gasteiger charge is 2.17. The van der Waals surface area contributed by atoms with Crippen LogP contribution in [-0.4, -0.2) is 26.3 Å². The summed E-state index contributed by atoms with van der Waals surface area (Å²) < 4.78 is 0.971. The Kier molecular flexibility index (Phi) is 6.11. The molecule has 134 valence electrons. The van der Waals surface area contributed by atoms with E-state index >= 15 is 0 Å². The number of nitrogens with one attached hydrogen (secondary N) is 2. The van der Waals surface area contributed by atoms with Gasteiger partial charge in [0.1, 0.15) is 0 Å². The predicted octanol–water partition coefficient (Wildman–Crippen LogP) is 4.92. The minimum atomic E-state index is -0.315. The van der Waals surface area contributed by atoms with Gasteiger partial charge in [-0.25, -0.2) is 4.98 Å². The second-order valence-electron chi connectivity index (χ2n) is 5.77. The third-order valence-corrected chi connectivity index (χ3v) is 5.35. The average molecular weight is 431 g/mol. The topological polar surface area (TPSA) is 70.7 Å². The zero-order valence-corrected chi connectivity index (χ0v) is 16.9. The predicted molar refractivity (Wildman–Crippen MR) is 109 cm³/mol. The number of amides is 1. The molecule has 0 saturated carbocycles. The smallest absolute Gasteiger partial charge is 0.237 e. The summed E-state index contributed by atoms with van der Waals surface area (Å²) in [6.45, 7) is 3.96. The van der Waals surface area contributed by atoms with Crippen molar-refractivity contribution < 1.29 is 4.79 Å². The van der Waals surface area contributed by atoms with Crippen LogP contribution < -0.4 is 5.32 Å². The highest BCUT2D eigenvalue weighted by Crippen LogP contribution is 2.24. The van der Waals surface area contributed by atoms with Gasteiger partial charge in [0, 0.05) is 15.7 Å². The molecule has 0 bridgehead atoms. The summed E-state index contributed by atoms with van der Waals surface area (Å²) in [5.41, 5.74) is 3.02. The standard InChI is InChI=1S/C19H19BrN4OS/c1-3-13-4-6-14(7-5-13)17-22-19(24-23-17)26-12(2)18(25)21-16-10-8-15(20)9-11-16/h4-12H,3H2,1-2H3,(H,21,25)(H,22,23,24). The van der Waals surface area contributed by atoms with Crippen molar-refractivity contribution in [2.24, 2.45) is 0 Å². The molecule has 0 aliphatic carbocycles. The Bertz CT molecular complexity index is 877. The SMILES string of the molecule is CCc1ccc(-c2nc(SC(C)C(=O)Nc3ccc(Br)cc3)n[nH]2)cc1. The number of halogens is 1. The summed E-state index contributed by atoms with van der Waals surface area (Å²) in [4.78, 5) is 16.8. The quantitative estimate of drug-likeness (QED) is 0.544. The Hall–Kier alpha value is -2.12. The molecule has 1 atom stereocenters. The number of anilines is 1. The third kappa shape index (κ3) is 4.74. The fourth-order valence-electron chi connectivity index (χ4n) is 2.32. The first kappa shape index (κ1) is 18.7. The van der Waals surface area contributed by atoms with Crippen LogP contribution in [0.25, 0.3) is 11.4 Å². The molecule has 1 amide bonds. The molecule has 0 aliphatic rings. The first-order valence-electron chi connectivity index (χ1n) is 8.30. The maximum absolute atomic E-state index is 12.3. The number of carbonyl (C=O) groups excluding carboxylic acids is 1. The van der Waals surface area contributed by atoms with E-state index in [0.29, 0.717) is 11.0 Å². The summed E-state index contributed by atoms with van der Waals surface area (Å²) in [6.07, 6.45) is 1.00. The van der Waals surface area contributed by atoms with Gasteiger partial charge in [0.25, 0.3) is 0 Å². The summed E-state index contributed by atoms with van der Waals surface area (Å²) >= 11 is 4.70. The van der Waals surface area contributed by atoms with Crippen LogP contribution >= 0.6 is 27.7 Å². The van der Waals surface area contributed by atoms with Crippen LogP contribution in [0.4, 0.5) is 5.69 Å². The molecule has 5 nitrogen and oxygen atoms in total. The van der Waals surface area contributed by atoms with Gasteiger partial charge in [0.15, 0.2) is 5.82 Å². The molecule has 26 heavy (non-hydrogen) atoms. The number of carbonyl (C=O) groups is 1. The minimum Gasteiger partial charge on any atom is -0.325 e. The Morgan fingerprint density at radius 1 is 1.19 bits per heavy atom. The summed E-state index contributed by atoms with van der Waals surface area (Å²) in [5.74, 6) is 0.617. The van der Waals surface area contributed by atoms with Crippen molar-refractivity contribution in [3.05, 3.63) is 58.6 Å². The maximum Gasteiger partial charge on any atom is 0.237 e. The van der Waals surface area contributed by atoms with Gasteiger partial charge >= 0.3 is 0 Å². The van der Waals surface area contributed by atoms with Gasteiger partial charge in [0.05, 0.1) is 5.25 Å². The highest BCUT2D eigenvalue weighted by molar-refractivity contribution is 9.10. The van der Waals surface area contributed by atoms with Gasteiger partial charge in [-0.1, -0.05) is 58.9 Å². The lowest BCUT2D eigenvalue weighted by Crippen LogP contribution is -2.22. The zero-order chi connectivity index (χ0) is 18.5. The van der Waals surface area contributed by atoms with Crippen LogP contribution in [0.3, 0.4) is 0 Å². The van der Waals surface area contributed by atoms with Gasteiger partial charge in [-0.15, -0.1) is 5.10 Å². The molecule has 3 aromatic rings. The van der Waals surface area contributed by atoms with Gasteiger partial charge in [0.2, 0.25) is 11.1 Å². The number of aromatic amines is 1. The molecular weight excluding hydrogens is 412 g/mol. The number of thioether (sulfide) groups is 1. The Labute approximate surface area is 165 Å². The fourth-order valence-corrected chi connectivity index (χ4v) is 3.30. The van der Waals surface area contributed by atoms with E-state index in [0.717, 1.165) is 22.1 Å². The van der Waals surface area contributed by atoms with E-state index in [4.69, 9.17) is 0 Å². The second kappa shape index (κ2) is 8.51. The van der Waals surface area contributed by atoms with Crippen LogP contribution in [0.1, 0.15) is 19.4 Å². The first-order valence-corrected chi connectivity index (χ1v) is 9.97. The van der Waals surface area contributed by atoms with E-state index in [1.165, 1.54) is 17.3 Å². The number of benzene rings is 2. The number of aromatic nitrogens is 3. The molecule has 1 heterocycles. The van der Waals surface area contributed by atoms with E-state index in [9.17, 15) is 4.79 Å². The number of hydrogen-bond donors (Lipinski definition) is 2. The minimum absolute atomic E-state index is 0.0871. The van der Waals surface area contributed by atoms with E-state index in [2.05, 4.69) is 55.5 Å². The molecule has 0 aliphatic heterocycles. The van der Waals surface area contributed by atoms with Crippen molar-refractivity contribution in [2.45, 2.75) is 30.7 Å². The van der Waals surface area contributed by atoms with Crippen molar-refractivity contribution >= 4 is 39.3 Å². The lowest BCUT2D eigenvalue weighted by Gasteiger charge is -2.10. The number of rotatable bonds is 6. The summed E-state index contributed by atoms with van der Waals surface area (Å²) in [6, 6.07) is 15.7. The molecule has 7 heteroatoms. The molecule has 1 unspecified atom stereocenters. The highest BCUT2D eigenvalue weighted by atomic mass is 79.9. The average Bonchev–Trinajstić information content (AvgIpc) is 3.12. The molecule has 3 rings (SSSR count). The van der Waals surface area contributed by atoms with E-state index in [1.54, 1.807) is 0 Å². The van der Waals surface area contributed by atoms with Crippen molar-refractivity contribution in [2.75, 3.05) is 5.32 Å². The first-order chi connectivity index (χ1) is 12.5. The van der Waals surface area contributed by atoms with Crippen molar-refractivity contribution in [1.29, 1.82) is 0 Å². The molecule has 2 aromatic carbocycles. The molecule has 0 spiro atoms. The van der Waals surface area contributed by atoms with E-state index in [-0.39, 0.29) is 11.2 Å². The Balaban J connectivity index is 1.62. The molecule has 2 N–H and O–H groups in total. The van der Waals surface area contributed by atoms with E-state index < -0.39 is 0 Å². The summed E-state index contributed by atoms with van der Waals surface area (Å²) in [5, 5.41) is 10.3. The monoisotopic (exact) mass is 430 g/mol. The van der Waals surface area contributed by atoms with Gasteiger partial charge in [-0.2, -0.15) is 0 Å². The molecular formula is C19H19BrN4OS. The lowest BCUT2D eigenvalue weighted by atomic mass is 10.1. The molecule has 0 radical (unpaired) electrons. The number of aryl methyl sites for hydroxylation is 1. The molecule has 1 aromatic heterocycles. The Morgan fingerprint density at radius 3 is 2.54 bits per heavy atom. The van der Waals surface area contributed by atoms with Crippen molar-refractivity contribution in [3.8, 4) is 11.4 Å². The van der Waals surface area contributed by atoms with Crippen molar-refractivity contribution in [3.63, 3.8) is 0 Å². The largest absolute Gasteiger partial charge is 0.325 e. The fraction of sp³-hybridized carbons (Fsp3) is 0.211. The van der Waals surface area contributed by atoms with E-state index in [1.807, 2.05) is 43.3 Å². The summed E-state index contributed by atoms with van der Waals surface area (Å²) in [7, 11) is 0. The van der Waals surface area contributed by atoms with Crippen LogP contribution in [0.2, 0.25) is 0 Å². The Morgan fingerprint density at radius 2 is 1.88 bits per heavy atom. The third-order valence-electron chi connectivity index (χ3n) is 3.86. The molecule has 0 saturated heterocycles. The van der Waals surface area contributed by atoms with Gasteiger partial charge < -0.3 is 5.32 Å². The zero-order valence-electron chi connectivity index (χ0n) is 14.5. The number of hydrogen-bond acceptors (Lipinski definition) is 4. The van der Waals surface area contributed by atoms with Crippen LogP contribution in [-0.2, 0) is 11.2 Å². The molecule has 0 fully saturated rings. The normalized spacial score (nSPS) is 12.0. The van der Waals surface area contributed by atoms with Crippen LogP contribution in [0.5, 0.6) is 0 Å². The maximum atomic E-state index is 12.3. The second-order valence-corrected chi connectivity index (χ2v) is 8.00. The van der Waals surface area contributed by atoms with Gasteiger partial charge in [-0.05, 0) is 43.2 Å². The van der Waals surface area contributed by atoms with Crippen molar-refractivity contribution in [1.82, 2.24) is 15.2 Å². The number of H-pyrrole nitrogens is 1. The van der Waals surface area contributed by atoms with Gasteiger partial charge in [-0.3, -0.25) is 9.89 Å². The lowest BCUT2D eigenvalue weighted by molar-refractivity contribution is -0.115. The number of nitrogens with zero attached hydrogens (tertiary/aromatic N) is 2. The van der Waals surface area contributed by atoms with Crippen LogP contribution in [0, 0.1) is 0 Å². The van der Waals surface area contributed by atoms with Crippen LogP contribution in [0.15, 0.2) is 58.2 Å².